The van der Waals surface area contributed by atoms with E-state index in [1.54, 1.807) is 6.20 Å². The maximum atomic E-state index is 6.35. The van der Waals surface area contributed by atoms with Crippen LogP contribution in [0.15, 0.2) is 6.20 Å². The molecule has 2 rings (SSSR count). The van der Waals surface area contributed by atoms with E-state index in [-0.39, 0.29) is 5.54 Å². The maximum absolute atomic E-state index is 6.35. The number of nitrogens with two attached hydrogens (primary N) is 1. The smallest absolute Gasteiger partial charge is 0.0817 e. The molecule has 14 heavy (non-hydrogen) atoms. The summed E-state index contributed by atoms with van der Waals surface area (Å²) in [5.41, 5.74) is 9.10. The van der Waals surface area contributed by atoms with E-state index in [0.29, 0.717) is 0 Å². The van der Waals surface area contributed by atoms with Gasteiger partial charge in [0, 0.05) is 6.20 Å². The summed E-state index contributed by atoms with van der Waals surface area (Å²) < 4.78 is 0. The summed E-state index contributed by atoms with van der Waals surface area (Å²) in [5, 5.41) is 0. The first-order valence-corrected chi connectivity index (χ1v) is 5.21. The Morgan fingerprint density at radius 3 is 2.57 bits per heavy atom. The number of hydrogen-bond donors (Lipinski definition) is 1. The zero-order chi connectivity index (χ0) is 10.2. The van der Waals surface area contributed by atoms with Gasteiger partial charge in [0.2, 0.25) is 0 Å². The monoisotopic (exact) mass is 191 g/mol. The Bertz CT molecular complexity index is 340. The van der Waals surface area contributed by atoms with Gasteiger partial charge < -0.3 is 5.73 Å². The van der Waals surface area contributed by atoms with Gasteiger partial charge in [0.05, 0.1) is 22.6 Å². The zero-order valence-corrected chi connectivity index (χ0v) is 8.88. The van der Waals surface area contributed by atoms with E-state index in [2.05, 4.69) is 9.97 Å². The minimum absolute atomic E-state index is 0.205. The lowest BCUT2D eigenvalue weighted by molar-refractivity contribution is 0.440. The molecule has 0 bridgehead atoms. The Hall–Kier alpha value is -0.960. The molecule has 76 valence electrons. The molecule has 0 aromatic carbocycles. The Kier molecular flexibility index (Phi) is 2.27. The van der Waals surface area contributed by atoms with E-state index in [9.17, 15) is 0 Å². The van der Waals surface area contributed by atoms with E-state index in [0.717, 1.165) is 29.9 Å². The molecule has 2 N–H and O–H groups in total. The molecule has 0 saturated heterocycles. The Balaban J connectivity index is 2.44. The average molecular weight is 191 g/mol. The number of aryl methyl sites for hydroxylation is 2. The molecule has 3 nitrogen and oxygen atoms in total. The van der Waals surface area contributed by atoms with Crippen LogP contribution >= 0.6 is 0 Å². The molecule has 1 aromatic heterocycles. The molecule has 3 heteroatoms. The van der Waals surface area contributed by atoms with Crippen LogP contribution in [0.1, 0.15) is 42.8 Å². The van der Waals surface area contributed by atoms with Crippen LogP contribution < -0.4 is 5.73 Å². The van der Waals surface area contributed by atoms with Crippen molar-refractivity contribution in [2.24, 2.45) is 5.73 Å². The zero-order valence-electron chi connectivity index (χ0n) is 8.88. The van der Waals surface area contributed by atoms with E-state index in [1.807, 2.05) is 13.8 Å². The summed E-state index contributed by atoms with van der Waals surface area (Å²) in [6.45, 7) is 3.96. The van der Waals surface area contributed by atoms with Crippen molar-refractivity contribution in [1.29, 1.82) is 0 Å². The van der Waals surface area contributed by atoms with Crippen molar-refractivity contribution >= 4 is 0 Å². The number of hydrogen-bond acceptors (Lipinski definition) is 3. The topological polar surface area (TPSA) is 51.8 Å². The van der Waals surface area contributed by atoms with E-state index in [4.69, 9.17) is 5.73 Å². The van der Waals surface area contributed by atoms with Gasteiger partial charge in [-0.1, -0.05) is 12.8 Å². The van der Waals surface area contributed by atoms with Crippen LogP contribution in [-0.4, -0.2) is 9.97 Å². The number of nitrogens with zero attached hydrogens (tertiary/aromatic N) is 2. The standard InChI is InChI=1S/C11H17N3/c1-8-7-13-9(2)10(14-8)11(12)5-3-4-6-11/h7H,3-6,12H2,1-2H3. The van der Waals surface area contributed by atoms with Gasteiger partial charge in [0.25, 0.3) is 0 Å². The van der Waals surface area contributed by atoms with Gasteiger partial charge in [0.1, 0.15) is 0 Å². The third-order valence-electron chi connectivity index (χ3n) is 3.04. The van der Waals surface area contributed by atoms with Crippen LogP contribution in [0.3, 0.4) is 0 Å². The fourth-order valence-electron chi connectivity index (χ4n) is 2.25. The van der Waals surface area contributed by atoms with Crippen LogP contribution in [-0.2, 0) is 5.54 Å². The van der Waals surface area contributed by atoms with Crippen molar-refractivity contribution in [2.45, 2.75) is 45.1 Å². The van der Waals surface area contributed by atoms with Gasteiger partial charge in [-0.2, -0.15) is 0 Å². The number of aromatic nitrogens is 2. The van der Waals surface area contributed by atoms with Gasteiger partial charge in [-0.25, -0.2) is 0 Å². The molecule has 1 fully saturated rings. The van der Waals surface area contributed by atoms with Crippen molar-refractivity contribution in [3.05, 3.63) is 23.3 Å². The molecular formula is C11H17N3. The van der Waals surface area contributed by atoms with Crippen molar-refractivity contribution in [2.75, 3.05) is 0 Å². The second-order valence-electron chi connectivity index (χ2n) is 4.31. The summed E-state index contributed by atoms with van der Waals surface area (Å²) in [5.74, 6) is 0. The van der Waals surface area contributed by atoms with Gasteiger partial charge >= 0.3 is 0 Å². The molecule has 1 heterocycles. The second-order valence-corrected chi connectivity index (χ2v) is 4.31. The maximum Gasteiger partial charge on any atom is 0.0817 e. The molecular weight excluding hydrogens is 174 g/mol. The molecule has 0 radical (unpaired) electrons. The Morgan fingerprint density at radius 1 is 1.29 bits per heavy atom. The summed E-state index contributed by atoms with van der Waals surface area (Å²) in [6.07, 6.45) is 6.33. The van der Waals surface area contributed by atoms with Gasteiger partial charge in [0.15, 0.2) is 0 Å². The highest BCUT2D eigenvalue weighted by Crippen LogP contribution is 2.36. The van der Waals surface area contributed by atoms with Crippen molar-refractivity contribution in [1.82, 2.24) is 9.97 Å². The molecule has 1 saturated carbocycles. The molecule has 0 spiro atoms. The fourth-order valence-corrected chi connectivity index (χ4v) is 2.25. The molecule has 1 aliphatic carbocycles. The lowest BCUT2D eigenvalue weighted by atomic mass is 9.93. The highest BCUT2D eigenvalue weighted by molar-refractivity contribution is 5.22. The third-order valence-corrected chi connectivity index (χ3v) is 3.04. The van der Waals surface area contributed by atoms with E-state index >= 15 is 0 Å². The van der Waals surface area contributed by atoms with Crippen molar-refractivity contribution < 1.29 is 0 Å². The first kappa shape index (κ1) is 9.59. The number of rotatable bonds is 1. The first-order chi connectivity index (χ1) is 6.62. The molecule has 0 amide bonds. The summed E-state index contributed by atoms with van der Waals surface area (Å²) in [7, 11) is 0. The van der Waals surface area contributed by atoms with Crippen molar-refractivity contribution in [3.8, 4) is 0 Å². The minimum atomic E-state index is -0.205. The lowest BCUT2D eigenvalue weighted by Gasteiger charge is -2.24. The quantitative estimate of drug-likeness (QED) is 0.736. The summed E-state index contributed by atoms with van der Waals surface area (Å²) in [6, 6.07) is 0. The highest BCUT2D eigenvalue weighted by Gasteiger charge is 2.34. The second kappa shape index (κ2) is 3.31. The largest absolute Gasteiger partial charge is 0.320 e. The van der Waals surface area contributed by atoms with Gasteiger partial charge in [-0.05, 0) is 26.7 Å². The lowest BCUT2D eigenvalue weighted by Crippen LogP contribution is -2.35. The van der Waals surface area contributed by atoms with Crippen LogP contribution in [0.5, 0.6) is 0 Å². The molecule has 0 aliphatic heterocycles. The van der Waals surface area contributed by atoms with Crippen molar-refractivity contribution in [3.63, 3.8) is 0 Å². The summed E-state index contributed by atoms with van der Waals surface area (Å²) in [4.78, 5) is 8.86. The Labute approximate surface area is 84.8 Å². The van der Waals surface area contributed by atoms with Crippen LogP contribution in [0.25, 0.3) is 0 Å². The van der Waals surface area contributed by atoms with Crippen LogP contribution in [0.4, 0.5) is 0 Å². The predicted octanol–water partition coefficient (Wildman–Crippen LogP) is 1.82. The minimum Gasteiger partial charge on any atom is -0.320 e. The van der Waals surface area contributed by atoms with E-state index in [1.165, 1.54) is 12.8 Å². The average Bonchev–Trinajstić information content (AvgIpc) is 2.58. The van der Waals surface area contributed by atoms with Gasteiger partial charge in [-0.3, -0.25) is 9.97 Å². The molecule has 1 aliphatic rings. The molecule has 0 unspecified atom stereocenters. The van der Waals surface area contributed by atoms with Gasteiger partial charge in [-0.15, -0.1) is 0 Å². The highest BCUT2D eigenvalue weighted by atomic mass is 14.9. The normalized spacial score (nSPS) is 19.9. The van der Waals surface area contributed by atoms with Crippen LogP contribution in [0.2, 0.25) is 0 Å². The SMILES string of the molecule is Cc1cnc(C)c(C2(N)CCCC2)n1. The predicted molar refractivity (Wildman–Crippen MR) is 55.8 cm³/mol. The van der Waals surface area contributed by atoms with Crippen LogP contribution in [0, 0.1) is 13.8 Å². The first-order valence-electron chi connectivity index (χ1n) is 5.21. The molecule has 1 aromatic rings. The fraction of sp³-hybridized carbons (Fsp3) is 0.636. The Morgan fingerprint density at radius 2 is 1.93 bits per heavy atom. The third kappa shape index (κ3) is 1.52. The summed E-state index contributed by atoms with van der Waals surface area (Å²) >= 11 is 0. The van der Waals surface area contributed by atoms with E-state index < -0.39 is 0 Å². The molecule has 0 atom stereocenters.